The lowest BCUT2D eigenvalue weighted by atomic mass is 10.2. The lowest BCUT2D eigenvalue weighted by Crippen LogP contribution is -2.05. The third kappa shape index (κ3) is 1.87. The average molecular weight is 238 g/mol. The highest BCUT2D eigenvalue weighted by Gasteiger charge is 2.07. The van der Waals surface area contributed by atoms with Crippen molar-refractivity contribution in [3.8, 4) is 11.4 Å². The van der Waals surface area contributed by atoms with Crippen LogP contribution in [-0.4, -0.2) is 21.6 Å². The number of hydrogen-bond donors (Lipinski definition) is 1. The number of nitrogens with one attached hydrogen (secondary N) is 1. The number of nitrogens with zero attached hydrogens (tertiary/aromatic N) is 3. The van der Waals surface area contributed by atoms with Crippen LogP contribution in [0.5, 0.6) is 0 Å². The predicted molar refractivity (Wildman–Crippen MR) is 71.2 cm³/mol. The van der Waals surface area contributed by atoms with Crippen molar-refractivity contribution in [2.24, 2.45) is 0 Å². The Morgan fingerprint density at radius 3 is 2.72 bits per heavy atom. The molecule has 3 rings (SSSR count). The average Bonchev–Trinajstić information content (AvgIpc) is 2.83. The van der Waals surface area contributed by atoms with E-state index < -0.39 is 0 Å². The van der Waals surface area contributed by atoms with E-state index in [1.165, 1.54) is 5.56 Å². The monoisotopic (exact) mass is 238 g/mol. The summed E-state index contributed by atoms with van der Waals surface area (Å²) in [5, 5.41) is 11.6. The fourth-order valence-corrected chi connectivity index (χ4v) is 2.03. The van der Waals surface area contributed by atoms with Gasteiger partial charge in [0.1, 0.15) is 0 Å². The Labute approximate surface area is 105 Å². The summed E-state index contributed by atoms with van der Waals surface area (Å²) in [5.74, 6) is 0.876. The number of pyridine rings is 1. The molecule has 0 saturated carbocycles. The van der Waals surface area contributed by atoms with Gasteiger partial charge in [0.2, 0.25) is 0 Å². The molecule has 18 heavy (non-hydrogen) atoms. The van der Waals surface area contributed by atoms with E-state index in [9.17, 15) is 0 Å². The van der Waals surface area contributed by atoms with Crippen LogP contribution in [0.3, 0.4) is 0 Å². The molecule has 4 nitrogen and oxygen atoms in total. The summed E-state index contributed by atoms with van der Waals surface area (Å²) >= 11 is 0. The molecule has 0 atom stereocenters. The first-order chi connectivity index (χ1) is 8.88. The van der Waals surface area contributed by atoms with Crippen LogP contribution in [0.2, 0.25) is 0 Å². The van der Waals surface area contributed by atoms with Gasteiger partial charge >= 0.3 is 0 Å². The molecule has 0 aliphatic carbocycles. The summed E-state index contributed by atoms with van der Waals surface area (Å²) in [6.07, 6.45) is 2.02. The van der Waals surface area contributed by atoms with Crippen molar-refractivity contribution in [1.29, 1.82) is 0 Å². The Bertz CT molecular complexity index is 658. The van der Waals surface area contributed by atoms with Crippen LogP contribution >= 0.6 is 0 Å². The van der Waals surface area contributed by atoms with Gasteiger partial charge in [-0.2, -0.15) is 0 Å². The zero-order valence-electron chi connectivity index (χ0n) is 10.2. The molecule has 0 unspecified atom stereocenters. The number of fused-ring (bicyclic) bond motifs is 1. The fourth-order valence-electron chi connectivity index (χ4n) is 2.03. The second-order valence-electron chi connectivity index (χ2n) is 4.18. The van der Waals surface area contributed by atoms with Crippen molar-refractivity contribution in [3.05, 3.63) is 54.2 Å². The molecule has 0 saturated heterocycles. The van der Waals surface area contributed by atoms with Gasteiger partial charge in [0, 0.05) is 18.3 Å². The Hall–Kier alpha value is -2.20. The first-order valence-electron chi connectivity index (χ1n) is 5.92. The molecule has 3 aromatic rings. The predicted octanol–water partition coefficient (Wildman–Crippen LogP) is 2.12. The van der Waals surface area contributed by atoms with Gasteiger partial charge in [-0.25, -0.2) is 0 Å². The number of hydrogen-bond acceptors (Lipinski definition) is 3. The van der Waals surface area contributed by atoms with Gasteiger partial charge in [-0.15, -0.1) is 10.2 Å². The minimum absolute atomic E-state index is 0.837. The van der Waals surface area contributed by atoms with Crippen LogP contribution in [0.25, 0.3) is 17.0 Å². The Morgan fingerprint density at radius 2 is 1.94 bits per heavy atom. The van der Waals surface area contributed by atoms with Crippen molar-refractivity contribution in [3.63, 3.8) is 0 Å². The van der Waals surface area contributed by atoms with Crippen molar-refractivity contribution in [2.45, 2.75) is 6.54 Å². The first-order valence-corrected chi connectivity index (χ1v) is 5.92. The van der Waals surface area contributed by atoms with Gasteiger partial charge in [-0.3, -0.25) is 4.40 Å². The molecule has 2 aromatic heterocycles. The SMILES string of the molecule is CNCc1ccn2c(-c3ccccc3)nnc2c1. The van der Waals surface area contributed by atoms with E-state index in [4.69, 9.17) is 0 Å². The van der Waals surface area contributed by atoms with E-state index in [2.05, 4.69) is 27.6 Å². The first kappa shape index (κ1) is 10.9. The van der Waals surface area contributed by atoms with Crippen LogP contribution in [0.1, 0.15) is 5.56 Å². The lowest BCUT2D eigenvalue weighted by Gasteiger charge is -2.02. The van der Waals surface area contributed by atoms with Crippen LogP contribution in [0.4, 0.5) is 0 Å². The van der Waals surface area contributed by atoms with Gasteiger partial charge in [0.25, 0.3) is 0 Å². The molecule has 0 aliphatic heterocycles. The van der Waals surface area contributed by atoms with Crippen LogP contribution in [0.15, 0.2) is 48.7 Å². The zero-order chi connectivity index (χ0) is 12.4. The van der Waals surface area contributed by atoms with Gasteiger partial charge in [-0.1, -0.05) is 30.3 Å². The summed E-state index contributed by atoms with van der Waals surface area (Å²) in [6, 6.07) is 14.2. The number of benzene rings is 1. The summed E-state index contributed by atoms with van der Waals surface area (Å²) < 4.78 is 2.01. The highest BCUT2D eigenvalue weighted by atomic mass is 15.2. The molecule has 1 aromatic carbocycles. The Balaban J connectivity index is 2.10. The molecular formula is C14H14N4. The van der Waals surface area contributed by atoms with Crippen LogP contribution in [0, 0.1) is 0 Å². The minimum atomic E-state index is 0.837. The largest absolute Gasteiger partial charge is 0.316 e. The normalized spacial score (nSPS) is 10.9. The molecule has 0 amide bonds. The van der Waals surface area contributed by atoms with E-state index in [0.717, 1.165) is 23.6 Å². The molecule has 0 fully saturated rings. The third-order valence-corrected chi connectivity index (χ3v) is 2.89. The molecule has 0 radical (unpaired) electrons. The van der Waals surface area contributed by atoms with E-state index in [1.54, 1.807) is 0 Å². The Kier molecular flexibility index (Phi) is 2.78. The van der Waals surface area contributed by atoms with Gasteiger partial charge in [0.05, 0.1) is 0 Å². The topological polar surface area (TPSA) is 42.2 Å². The molecule has 4 heteroatoms. The van der Waals surface area contributed by atoms with E-state index in [-0.39, 0.29) is 0 Å². The number of rotatable bonds is 3. The van der Waals surface area contributed by atoms with E-state index in [1.807, 2.05) is 48.0 Å². The molecule has 0 spiro atoms. The van der Waals surface area contributed by atoms with Crippen molar-refractivity contribution < 1.29 is 0 Å². The van der Waals surface area contributed by atoms with Crippen LogP contribution < -0.4 is 5.32 Å². The number of aromatic nitrogens is 3. The second-order valence-corrected chi connectivity index (χ2v) is 4.18. The highest BCUT2D eigenvalue weighted by Crippen LogP contribution is 2.18. The third-order valence-electron chi connectivity index (χ3n) is 2.89. The van der Waals surface area contributed by atoms with Crippen molar-refractivity contribution >= 4 is 5.65 Å². The van der Waals surface area contributed by atoms with Crippen molar-refractivity contribution in [2.75, 3.05) is 7.05 Å². The molecule has 90 valence electrons. The maximum Gasteiger partial charge on any atom is 0.168 e. The molecule has 0 bridgehead atoms. The van der Waals surface area contributed by atoms with Crippen molar-refractivity contribution in [1.82, 2.24) is 19.9 Å². The lowest BCUT2D eigenvalue weighted by molar-refractivity contribution is 0.816. The quantitative estimate of drug-likeness (QED) is 0.760. The Morgan fingerprint density at radius 1 is 1.11 bits per heavy atom. The van der Waals surface area contributed by atoms with Crippen LogP contribution in [-0.2, 0) is 6.54 Å². The van der Waals surface area contributed by atoms with Gasteiger partial charge in [-0.05, 0) is 24.7 Å². The molecule has 2 heterocycles. The molecular weight excluding hydrogens is 224 g/mol. The summed E-state index contributed by atoms with van der Waals surface area (Å²) in [6.45, 7) is 0.837. The molecule has 0 aliphatic rings. The van der Waals surface area contributed by atoms with E-state index >= 15 is 0 Å². The second kappa shape index (κ2) is 4.58. The fraction of sp³-hybridized carbons (Fsp3) is 0.143. The summed E-state index contributed by atoms with van der Waals surface area (Å²) in [5.41, 5.74) is 3.16. The molecule has 1 N–H and O–H groups in total. The standard InChI is InChI=1S/C14H14N4/c1-15-10-11-7-8-18-13(9-11)16-17-14(18)12-5-3-2-4-6-12/h2-9,15H,10H2,1H3. The smallest absolute Gasteiger partial charge is 0.168 e. The van der Waals surface area contributed by atoms with Gasteiger partial charge in [0.15, 0.2) is 11.5 Å². The maximum absolute atomic E-state index is 4.26. The minimum Gasteiger partial charge on any atom is -0.316 e. The van der Waals surface area contributed by atoms with E-state index in [0.29, 0.717) is 0 Å². The highest BCUT2D eigenvalue weighted by molar-refractivity contribution is 5.59. The van der Waals surface area contributed by atoms with Gasteiger partial charge < -0.3 is 5.32 Å². The summed E-state index contributed by atoms with van der Waals surface area (Å²) in [4.78, 5) is 0. The zero-order valence-corrected chi connectivity index (χ0v) is 10.2. The summed E-state index contributed by atoms with van der Waals surface area (Å²) in [7, 11) is 1.93. The maximum atomic E-state index is 4.26.